The highest BCUT2D eigenvalue weighted by Crippen LogP contribution is 2.28. The first-order valence-corrected chi connectivity index (χ1v) is 6.73. The number of halogens is 1. The lowest BCUT2D eigenvalue weighted by Crippen LogP contribution is -2.53. The highest BCUT2D eigenvalue weighted by atomic mass is 35.5. The van der Waals surface area contributed by atoms with Crippen molar-refractivity contribution < 1.29 is 19.3 Å². The Kier molecular flexibility index (Phi) is 5.60. The number of benzene rings is 1. The molecule has 0 bridgehead atoms. The average Bonchev–Trinajstić information content (AvgIpc) is 2.41. The monoisotopic (exact) mass is 286 g/mol. The molecule has 0 amide bonds. The minimum Gasteiger partial charge on any atom is -0.390 e. The van der Waals surface area contributed by atoms with Crippen molar-refractivity contribution in [3.8, 4) is 0 Å². The van der Waals surface area contributed by atoms with Gasteiger partial charge in [0.2, 0.25) is 0 Å². The lowest BCUT2D eigenvalue weighted by atomic mass is 9.88. The van der Waals surface area contributed by atoms with Crippen LogP contribution in [0.25, 0.3) is 0 Å². The van der Waals surface area contributed by atoms with Crippen molar-refractivity contribution in [2.75, 3.05) is 20.3 Å². The maximum Gasteiger partial charge on any atom is 0.110 e. The second-order valence-electron chi connectivity index (χ2n) is 4.61. The van der Waals surface area contributed by atoms with Gasteiger partial charge in [0.1, 0.15) is 6.10 Å². The Morgan fingerprint density at radius 3 is 2.58 bits per heavy atom. The van der Waals surface area contributed by atoms with Crippen LogP contribution < -0.4 is 0 Å². The summed E-state index contributed by atoms with van der Waals surface area (Å²) in [5.74, 6) is 0. The van der Waals surface area contributed by atoms with Crippen LogP contribution in [-0.2, 0) is 20.8 Å². The summed E-state index contributed by atoms with van der Waals surface area (Å²) in [6, 6.07) is 7.53. The van der Waals surface area contributed by atoms with Crippen molar-refractivity contribution in [2.45, 2.75) is 31.3 Å². The molecule has 0 aromatic heterocycles. The zero-order valence-electron chi connectivity index (χ0n) is 10.9. The summed E-state index contributed by atoms with van der Waals surface area (Å²) in [7, 11) is 1.62. The second kappa shape index (κ2) is 7.22. The van der Waals surface area contributed by atoms with Gasteiger partial charge in [0, 0.05) is 18.6 Å². The fraction of sp³-hybridized carbons (Fsp3) is 0.571. The van der Waals surface area contributed by atoms with Crippen molar-refractivity contribution >= 4 is 11.6 Å². The molecule has 1 aliphatic carbocycles. The fourth-order valence-corrected chi connectivity index (χ4v) is 2.12. The van der Waals surface area contributed by atoms with Crippen LogP contribution >= 0.6 is 11.6 Å². The molecule has 4 nitrogen and oxygen atoms in total. The summed E-state index contributed by atoms with van der Waals surface area (Å²) < 4.78 is 16.2. The molecule has 1 N–H and O–H groups in total. The zero-order valence-corrected chi connectivity index (χ0v) is 11.7. The molecule has 1 saturated carbocycles. The van der Waals surface area contributed by atoms with Gasteiger partial charge < -0.3 is 19.3 Å². The highest BCUT2D eigenvalue weighted by molar-refractivity contribution is 6.30. The molecule has 0 radical (unpaired) electrons. The van der Waals surface area contributed by atoms with E-state index in [1.165, 1.54) is 0 Å². The van der Waals surface area contributed by atoms with Gasteiger partial charge in [-0.3, -0.25) is 0 Å². The SMILES string of the molecule is COCCOC1C(O)CC1OCc1ccc(Cl)cc1. The van der Waals surface area contributed by atoms with Gasteiger partial charge in [-0.25, -0.2) is 0 Å². The molecule has 1 aromatic rings. The molecule has 3 atom stereocenters. The molecule has 2 rings (SSSR count). The molecule has 0 spiro atoms. The molecule has 3 unspecified atom stereocenters. The van der Waals surface area contributed by atoms with E-state index in [0.29, 0.717) is 31.3 Å². The van der Waals surface area contributed by atoms with Crippen LogP contribution in [0.1, 0.15) is 12.0 Å². The van der Waals surface area contributed by atoms with Gasteiger partial charge in [-0.1, -0.05) is 23.7 Å². The molecule has 0 heterocycles. The first-order chi connectivity index (χ1) is 9.20. The largest absolute Gasteiger partial charge is 0.390 e. The van der Waals surface area contributed by atoms with Crippen LogP contribution in [0.5, 0.6) is 0 Å². The summed E-state index contributed by atoms with van der Waals surface area (Å²) in [6.07, 6.45) is -0.123. The van der Waals surface area contributed by atoms with E-state index in [0.717, 1.165) is 5.56 Å². The Labute approximate surface area is 118 Å². The Morgan fingerprint density at radius 1 is 1.21 bits per heavy atom. The first-order valence-electron chi connectivity index (χ1n) is 6.35. The predicted molar refractivity (Wildman–Crippen MR) is 72.3 cm³/mol. The third-order valence-corrected chi connectivity index (χ3v) is 3.45. The van der Waals surface area contributed by atoms with Gasteiger partial charge in [-0.05, 0) is 17.7 Å². The summed E-state index contributed by atoms with van der Waals surface area (Å²) in [6.45, 7) is 1.49. The standard InChI is InChI=1S/C14H19ClO4/c1-17-6-7-18-14-12(16)8-13(14)19-9-10-2-4-11(15)5-3-10/h2-5,12-14,16H,6-9H2,1H3. The van der Waals surface area contributed by atoms with E-state index < -0.39 is 6.10 Å². The minimum absolute atomic E-state index is 0.0532. The number of rotatable bonds is 7. The second-order valence-corrected chi connectivity index (χ2v) is 5.04. The lowest BCUT2D eigenvalue weighted by Gasteiger charge is -2.40. The smallest absolute Gasteiger partial charge is 0.110 e. The quantitative estimate of drug-likeness (QED) is 0.779. The molecule has 0 saturated heterocycles. The molecule has 19 heavy (non-hydrogen) atoms. The summed E-state index contributed by atoms with van der Waals surface area (Å²) in [5, 5.41) is 10.4. The van der Waals surface area contributed by atoms with Crippen LogP contribution in [0.2, 0.25) is 5.02 Å². The number of ether oxygens (including phenoxy) is 3. The van der Waals surface area contributed by atoms with E-state index in [9.17, 15) is 5.11 Å². The highest BCUT2D eigenvalue weighted by Gasteiger charge is 2.41. The van der Waals surface area contributed by atoms with Crippen molar-refractivity contribution in [1.29, 1.82) is 0 Å². The van der Waals surface area contributed by atoms with Crippen molar-refractivity contribution in [3.63, 3.8) is 0 Å². The maximum atomic E-state index is 9.65. The molecule has 1 aromatic carbocycles. The summed E-state index contributed by atoms with van der Waals surface area (Å²) in [5.41, 5.74) is 1.06. The number of aliphatic hydroxyl groups is 1. The van der Waals surface area contributed by atoms with E-state index >= 15 is 0 Å². The van der Waals surface area contributed by atoms with E-state index in [-0.39, 0.29) is 12.2 Å². The van der Waals surface area contributed by atoms with Gasteiger partial charge >= 0.3 is 0 Å². The van der Waals surface area contributed by atoms with Gasteiger partial charge in [-0.2, -0.15) is 0 Å². The predicted octanol–water partition coefficient (Wildman–Crippen LogP) is 2.02. The normalized spacial score (nSPS) is 26.2. The Balaban J connectivity index is 1.74. The zero-order chi connectivity index (χ0) is 13.7. The molecular formula is C14H19ClO4. The van der Waals surface area contributed by atoms with Crippen LogP contribution in [0.3, 0.4) is 0 Å². The van der Waals surface area contributed by atoms with Gasteiger partial charge in [-0.15, -0.1) is 0 Å². The number of hydrogen-bond donors (Lipinski definition) is 1. The molecule has 0 aliphatic heterocycles. The Morgan fingerprint density at radius 2 is 1.95 bits per heavy atom. The number of methoxy groups -OCH3 is 1. The molecule has 106 valence electrons. The van der Waals surface area contributed by atoms with Crippen molar-refractivity contribution in [3.05, 3.63) is 34.9 Å². The first kappa shape index (κ1) is 14.8. The van der Waals surface area contributed by atoms with Crippen LogP contribution in [0.4, 0.5) is 0 Å². The lowest BCUT2D eigenvalue weighted by molar-refractivity contribution is -0.199. The van der Waals surface area contributed by atoms with Gasteiger partial charge in [0.25, 0.3) is 0 Å². The van der Waals surface area contributed by atoms with Gasteiger partial charge in [0.05, 0.1) is 32.0 Å². The summed E-state index contributed by atoms with van der Waals surface area (Å²) >= 11 is 5.82. The molecular weight excluding hydrogens is 268 g/mol. The van der Waals surface area contributed by atoms with Crippen LogP contribution in [0.15, 0.2) is 24.3 Å². The molecule has 1 fully saturated rings. The van der Waals surface area contributed by atoms with E-state index in [2.05, 4.69) is 0 Å². The topological polar surface area (TPSA) is 47.9 Å². The van der Waals surface area contributed by atoms with Gasteiger partial charge in [0.15, 0.2) is 0 Å². The third-order valence-electron chi connectivity index (χ3n) is 3.19. The Hall–Kier alpha value is -0.650. The fourth-order valence-electron chi connectivity index (χ4n) is 1.99. The number of hydrogen-bond acceptors (Lipinski definition) is 4. The number of aliphatic hydroxyl groups excluding tert-OH is 1. The van der Waals surface area contributed by atoms with E-state index in [4.69, 9.17) is 25.8 Å². The van der Waals surface area contributed by atoms with Crippen LogP contribution in [0, 0.1) is 0 Å². The van der Waals surface area contributed by atoms with E-state index in [1.54, 1.807) is 7.11 Å². The van der Waals surface area contributed by atoms with Crippen LogP contribution in [-0.4, -0.2) is 43.7 Å². The average molecular weight is 287 g/mol. The van der Waals surface area contributed by atoms with Crippen molar-refractivity contribution in [1.82, 2.24) is 0 Å². The minimum atomic E-state index is -0.438. The molecule has 1 aliphatic rings. The molecule has 5 heteroatoms. The summed E-state index contributed by atoms with van der Waals surface area (Å²) in [4.78, 5) is 0. The van der Waals surface area contributed by atoms with E-state index in [1.807, 2.05) is 24.3 Å². The Bertz CT molecular complexity index is 382. The maximum absolute atomic E-state index is 9.65. The van der Waals surface area contributed by atoms with Crippen molar-refractivity contribution in [2.24, 2.45) is 0 Å². The third kappa shape index (κ3) is 4.16.